The number of hydrogen-bond acceptors (Lipinski definition) is 9. The number of ether oxygens (including phenoxy) is 2. The second-order valence-electron chi connectivity index (χ2n) is 8.14. The monoisotopic (exact) mass is 506 g/mol. The molecule has 11 heteroatoms. The lowest BCUT2D eigenvalue weighted by Gasteiger charge is -2.19. The van der Waals surface area contributed by atoms with Gasteiger partial charge in [0, 0.05) is 37.0 Å². The van der Waals surface area contributed by atoms with Crippen molar-refractivity contribution in [2.75, 3.05) is 4.90 Å². The lowest BCUT2D eigenvalue weighted by molar-refractivity contribution is -0.195. The summed E-state index contributed by atoms with van der Waals surface area (Å²) in [4.78, 5) is 77.3. The van der Waals surface area contributed by atoms with Crippen LogP contribution in [-0.4, -0.2) is 40.8 Å². The Hall–Kier alpha value is -4.80. The van der Waals surface area contributed by atoms with E-state index in [0.29, 0.717) is 29.2 Å². The quantitative estimate of drug-likeness (QED) is 0.286. The number of amides is 4. The maximum Gasteiger partial charge on any atom is 0.537 e. The van der Waals surface area contributed by atoms with Crippen molar-refractivity contribution in [2.24, 2.45) is 0 Å². The van der Waals surface area contributed by atoms with E-state index >= 15 is 0 Å². The minimum Gasteiger partial charge on any atom is -0.420 e. The summed E-state index contributed by atoms with van der Waals surface area (Å²) in [5.74, 6) is -2.79. The summed E-state index contributed by atoms with van der Waals surface area (Å²) in [5, 5.41) is 0.337. The van der Waals surface area contributed by atoms with Crippen molar-refractivity contribution in [3.63, 3.8) is 0 Å². The molecule has 0 aromatic heterocycles. The lowest BCUT2D eigenvalue weighted by Crippen LogP contribution is -2.33. The van der Waals surface area contributed by atoms with E-state index in [4.69, 9.17) is 14.3 Å². The van der Waals surface area contributed by atoms with E-state index in [9.17, 15) is 28.8 Å². The molecule has 2 heterocycles. The topological polar surface area (TPSA) is 137 Å². The lowest BCUT2D eigenvalue weighted by atomic mass is 10.1. The van der Waals surface area contributed by atoms with Gasteiger partial charge in [-0.25, -0.2) is 9.69 Å². The Bertz CT molecular complexity index is 1220. The number of aryl methyl sites for hydroxylation is 1. The number of carbonyl (C=O) groups excluding carboxylic acids is 6. The van der Waals surface area contributed by atoms with Crippen LogP contribution in [0.3, 0.4) is 0 Å². The fraction of sp³-hybridized carbons (Fsp3) is 0.231. The van der Waals surface area contributed by atoms with Crippen LogP contribution in [0.15, 0.2) is 66.7 Å². The zero-order valence-corrected chi connectivity index (χ0v) is 19.5. The molecule has 1 atom stereocenters. The molecule has 0 spiro atoms. The van der Waals surface area contributed by atoms with Crippen LogP contribution >= 0.6 is 0 Å². The maximum absolute atomic E-state index is 12.5. The van der Waals surface area contributed by atoms with Gasteiger partial charge in [-0.15, -0.1) is 0 Å². The third-order valence-corrected chi connectivity index (χ3v) is 5.54. The van der Waals surface area contributed by atoms with Gasteiger partial charge in [-0.1, -0.05) is 47.5 Å². The van der Waals surface area contributed by atoms with E-state index in [1.807, 2.05) is 0 Å². The first-order chi connectivity index (χ1) is 17.8. The number of nitrogens with zero attached hydrogens (tertiary/aromatic N) is 2. The van der Waals surface area contributed by atoms with Gasteiger partial charge in [0.25, 0.3) is 29.9 Å². The molecule has 11 nitrogen and oxygen atoms in total. The number of benzene rings is 2. The SMILES string of the molecule is O=C(CCCc1ccc(N2C(=O)C=CC2=O)cc1)OC(OC(=O)ON1C(=O)CCC1=O)c1ccccc1. The second-order valence-corrected chi connectivity index (χ2v) is 8.14. The third-order valence-electron chi connectivity index (χ3n) is 5.54. The number of hydroxylamine groups is 2. The highest BCUT2D eigenvalue weighted by Crippen LogP contribution is 2.23. The molecule has 1 saturated heterocycles. The number of hydrogen-bond donors (Lipinski definition) is 0. The van der Waals surface area contributed by atoms with Crippen molar-refractivity contribution in [1.29, 1.82) is 0 Å². The predicted octanol–water partition coefficient (Wildman–Crippen LogP) is 2.90. The van der Waals surface area contributed by atoms with Crippen molar-refractivity contribution < 1.29 is 43.1 Å². The normalized spacial score (nSPS) is 15.8. The molecule has 4 amide bonds. The van der Waals surface area contributed by atoms with Gasteiger partial charge in [-0.05, 0) is 30.5 Å². The van der Waals surface area contributed by atoms with Crippen LogP contribution in [0.5, 0.6) is 0 Å². The van der Waals surface area contributed by atoms with Crippen LogP contribution < -0.4 is 4.90 Å². The molecule has 2 aromatic carbocycles. The van der Waals surface area contributed by atoms with Gasteiger partial charge < -0.3 is 9.47 Å². The summed E-state index contributed by atoms with van der Waals surface area (Å²) in [6, 6.07) is 15.0. The summed E-state index contributed by atoms with van der Waals surface area (Å²) in [5.41, 5.74) is 1.68. The summed E-state index contributed by atoms with van der Waals surface area (Å²) in [7, 11) is 0. The standard InChI is InChI=1S/C26H22N2O9/c29-20-13-14-21(30)27(20)19-11-9-17(10-12-19)5-4-8-24(33)35-25(18-6-2-1-3-7-18)36-26(34)37-28-22(31)15-16-23(28)32/h1-3,6-7,9-14,25H,4-5,8,15-16H2. The smallest absolute Gasteiger partial charge is 0.420 e. The largest absolute Gasteiger partial charge is 0.537 e. The van der Waals surface area contributed by atoms with Crippen molar-refractivity contribution >= 4 is 41.4 Å². The first-order valence-corrected chi connectivity index (χ1v) is 11.5. The molecular formula is C26H22N2O9. The number of carbonyl (C=O) groups is 6. The van der Waals surface area contributed by atoms with Crippen LogP contribution in [0.4, 0.5) is 10.5 Å². The van der Waals surface area contributed by atoms with Gasteiger partial charge in [0.15, 0.2) is 0 Å². The fourth-order valence-corrected chi connectivity index (χ4v) is 3.69. The summed E-state index contributed by atoms with van der Waals surface area (Å²) in [6.07, 6.45) is 0.374. The highest BCUT2D eigenvalue weighted by molar-refractivity contribution is 6.28. The number of anilines is 1. The molecule has 37 heavy (non-hydrogen) atoms. The Morgan fingerprint density at radius 2 is 1.43 bits per heavy atom. The highest BCUT2D eigenvalue weighted by Gasteiger charge is 2.34. The fourth-order valence-electron chi connectivity index (χ4n) is 3.69. The Kier molecular flexibility index (Phi) is 7.72. The van der Waals surface area contributed by atoms with Crippen LogP contribution in [0.1, 0.15) is 43.1 Å². The van der Waals surface area contributed by atoms with E-state index in [-0.39, 0.29) is 19.3 Å². The van der Waals surface area contributed by atoms with Gasteiger partial charge in [0.2, 0.25) is 0 Å². The van der Waals surface area contributed by atoms with Crippen molar-refractivity contribution in [1.82, 2.24) is 5.06 Å². The first-order valence-electron chi connectivity index (χ1n) is 11.5. The zero-order valence-electron chi connectivity index (χ0n) is 19.5. The molecule has 1 fully saturated rings. The van der Waals surface area contributed by atoms with Crippen LogP contribution in [0.2, 0.25) is 0 Å². The molecular weight excluding hydrogens is 484 g/mol. The summed E-state index contributed by atoms with van der Waals surface area (Å²) < 4.78 is 10.4. The maximum atomic E-state index is 12.5. The third kappa shape index (κ3) is 6.26. The Morgan fingerprint density at radius 1 is 0.811 bits per heavy atom. The summed E-state index contributed by atoms with van der Waals surface area (Å²) >= 11 is 0. The number of rotatable bonds is 9. The second kappa shape index (κ2) is 11.3. The molecule has 1 unspecified atom stereocenters. The predicted molar refractivity (Wildman–Crippen MR) is 125 cm³/mol. The average molecular weight is 506 g/mol. The molecule has 0 radical (unpaired) electrons. The zero-order chi connectivity index (χ0) is 26.4. The molecule has 0 N–H and O–H groups in total. The first kappa shape index (κ1) is 25.3. The van der Waals surface area contributed by atoms with E-state index < -0.39 is 42.0 Å². The van der Waals surface area contributed by atoms with Gasteiger partial charge >= 0.3 is 12.1 Å². The minimum absolute atomic E-state index is 0.000391. The molecule has 2 aliphatic rings. The molecule has 0 bridgehead atoms. The number of esters is 1. The van der Waals surface area contributed by atoms with E-state index in [1.165, 1.54) is 12.2 Å². The van der Waals surface area contributed by atoms with Crippen LogP contribution in [0, 0.1) is 0 Å². The molecule has 2 aliphatic heterocycles. The van der Waals surface area contributed by atoms with Gasteiger partial charge in [0.05, 0.1) is 5.69 Å². The molecule has 0 aliphatic carbocycles. The summed E-state index contributed by atoms with van der Waals surface area (Å²) in [6.45, 7) is 0. The van der Waals surface area contributed by atoms with E-state index in [1.54, 1.807) is 54.6 Å². The highest BCUT2D eigenvalue weighted by atomic mass is 16.9. The van der Waals surface area contributed by atoms with Crippen molar-refractivity contribution in [2.45, 2.75) is 38.4 Å². The Morgan fingerprint density at radius 3 is 2.05 bits per heavy atom. The average Bonchev–Trinajstić information content (AvgIpc) is 3.39. The van der Waals surface area contributed by atoms with E-state index in [0.717, 1.165) is 10.5 Å². The number of imide groups is 2. The van der Waals surface area contributed by atoms with Crippen molar-refractivity contribution in [3.8, 4) is 0 Å². The van der Waals surface area contributed by atoms with Crippen molar-refractivity contribution in [3.05, 3.63) is 77.9 Å². The Balaban J connectivity index is 1.30. The Labute approximate surface area is 211 Å². The van der Waals surface area contributed by atoms with Crippen LogP contribution in [-0.2, 0) is 44.7 Å². The minimum atomic E-state index is -1.45. The van der Waals surface area contributed by atoms with Gasteiger partial charge in [0.1, 0.15) is 0 Å². The molecule has 2 aromatic rings. The van der Waals surface area contributed by atoms with Gasteiger partial charge in [-0.3, -0.25) is 28.8 Å². The molecule has 4 rings (SSSR count). The van der Waals surface area contributed by atoms with E-state index in [2.05, 4.69) is 0 Å². The van der Waals surface area contributed by atoms with Gasteiger partial charge in [-0.2, -0.15) is 0 Å². The molecule has 190 valence electrons. The van der Waals surface area contributed by atoms with Crippen LogP contribution in [0.25, 0.3) is 0 Å². The molecule has 0 saturated carbocycles.